The van der Waals surface area contributed by atoms with Gasteiger partial charge in [-0.1, -0.05) is 31.2 Å². The molecule has 0 amide bonds. The van der Waals surface area contributed by atoms with Crippen LogP contribution in [0, 0.1) is 5.92 Å². The molecule has 0 fully saturated rings. The average Bonchev–Trinajstić information content (AvgIpc) is 1.86. The fourth-order valence-corrected chi connectivity index (χ4v) is 0.543. The maximum Gasteiger partial charge on any atom is 0 e. The second-order valence-electron chi connectivity index (χ2n) is 1.63. The van der Waals surface area contributed by atoms with Crippen LogP contribution in [0.25, 0.3) is 0 Å². The second-order valence-corrected chi connectivity index (χ2v) is 1.63. The molecule has 0 aromatic heterocycles. The third-order valence-electron chi connectivity index (χ3n) is 0.940. The van der Waals surface area contributed by atoms with Crippen molar-refractivity contribution in [2.24, 2.45) is 5.92 Å². The molecule has 7 heavy (non-hydrogen) atoms. The van der Waals surface area contributed by atoms with Crippen LogP contribution >= 0.6 is 0 Å². The summed E-state index contributed by atoms with van der Waals surface area (Å²) in [5.41, 5.74) is 0. The van der Waals surface area contributed by atoms with Crippen LogP contribution in [0.5, 0.6) is 0 Å². The van der Waals surface area contributed by atoms with Crippen molar-refractivity contribution in [3.8, 4) is 0 Å². The molecular formula is C6H8Ni. The third kappa shape index (κ3) is 1.94. The monoisotopic (exact) mass is 138 g/mol. The van der Waals surface area contributed by atoms with Crippen LogP contribution in [0.1, 0.15) is 6.92 Å². The second kappa shape index (κ2) is 3.04. The van der Waals surface area contributed by atoms with Gasteiger partial charge in [0.1, 0.15) is 0 Å². The van der Waals surface area contributed by atoms with Crippen molar-refractivity contribution >= 4 is 0 Å². The third-order valence-corrected chi connectivity index (χ3v) is 0.940. The Hall–Kier alpha value is -0.0265. The van der Waals surface area contributed by atoms with Crippen molar-refractivity contribution in [3.05, 3.63) is 24.3 Å². The summed E-state index contributed by atoms with van der Waals surface area (Å²) in [6.07, 6.45) is 8.48. The number of allylic oxidation sites excluding steroid dienone is 4. The number of hydrogen-bond donors (Lipinski definition) is 0. The molecule has 1 aliphatic rings. The molecule has 0 nitrogen and oxygen atoms in total. The van der Waals surface area contributed by atoms with Crippen LogP contribution in [-0.4, -0.2) is 0 Å². The van der Waals surface area contributed by atoms with Crippen molar-refractivity contribution in [2.45, 2.75) is 6.92 Å². The van der Waals surface area contributed by atoms with Crippen molar-refractivity contribution in [2.75, 3.05) is 0 Å². The molecule has 0 bridgehead atoms. The van der Waals surface area contributed by atoms with Gasteiger partial charge in [-0.05, 0) is 5.92 Å². The Morgan fingerprint density at radius 2 is 1.57 bits per heavy atom. The van der Waals surface area contributed by atoms with Crippen LogP contribution < -0.4 is 0 Å². The fourth-order valence-electron chi connectivity index (χ4n) is 0.543. The molecule has 0 heterocycles. The molecule has 1 heteroatoms. The molecule has 0 aliphatic heterocycles. The van der Waals surface area contributed by atoms with E-state index in [9.17, 15) is 0 Å². The van der Waals surface area contributed by atoms with Gasteiger partial charge in [-0.2, -0.15) is 0 Å². The van der Waals surface area contributed by atoms with Crippen molar-refractivity contribution in [3.63, 3.8) is 0 Å². The molecule has 0 spiro atoms. The topological polar surface area (TPSA) is 0 Å². The van der Waals surface area contributed by atoms with Gasteiger partial charge in [0.25, 0.3) is 0 Å². The predicted octanol–water partition coefficient (Wildman–Crippen LogP) is 1.75. The minimum absolute atomic E-state index is 0. The van der Waals surface area contributed by atoms with E-state index in [-0.39, 0.29) is 16.5 Å². The summed E-state index contributed by atoms with van der Waals surface area (Å²) in [7, 11) is 0. The predicted molar refractivity (Wildman–Crippen MR) is 27.4 cm³/mol. The molecule has 0 saturated carbocycles. The zero-order valence-electron chi connectivity index (χ0n) is 4.20. The minimum atomic E-state index is 0. The van der Waals surface area contributed by atoms with Crippen LogP contribution in [0.3, 0.4) is 0 Å². The number of hydrogen-bond acceptors (Lipinski definition) is 0. The van der Waals surface area contributed by atoms with E-state index >= 15 is 0 Å². The minimum Gasteiger partial charge on any atom is -0.0779 e. The van der Waals surface area contributed by atoms with Crippen LogP contribution in [0.4, 0.5) is 0 Å². The number of rotatable bonds is 0. The van der Waals surface area contributed by atoms with Gasteiger partial charge in [-0.15, -0.1) is 0 Å². The average molecular weight is 139 g/mol. The molecule has 0 unspecified atom stereocenters. The summed E-state index contributed by atoms with van der Waals surface area (Å²) in [6.45, 7) is 2.17. The summed E-state index contributed by atoms with van der Waals surface area (Å²) >= 11 is 0. The molecule has 0 radical (unpaired) electrons. The molecule has 0 N–H and O–H groups in total. The first-order valence-electron chi connectivity index (χ1n) is 2.24. The zero-order chi connectivity index (χ0) is 4.41. The Bertz CT molecular complexity index is 80.4. The van der Waals surface area contributed by atoms with Crippen molar-refractivity contribution in [1.29, 1.82) is 0 Å². The summed E-state index contributed by atoms with van der Waals surface area (Å²) in [4.78, 5) is 0. The van der Waals surface area contributed by atoms with Gasteiger partial charge in [0.2, 0.25) is 0 Å². The molecule has 0 atom stereocenters. The van der Waals surface area contributed by atoms with E-state index in [1.54, 1.807) is 0 Å². The Morgan fingerprint density at radius 3 is 1.71 bits per heavy atom. The first-order valence-corrected chi connectivity index (χ1v) is 2.24. The van der Waals surface area contributed by atoms with Gasteiger partial charge in [-0.25, -0.2) is 0 Å². The van der Waals surface area contributed by atoms with Crippen molar-refractivity contribution in [1.82, 2.24) is 0 Å². The maximum absolute atomic E-state index is 2.17. The van der Waals surface area contributed by atoms with E-state index in [0.717, 1.165) is 0 Å². The molecule has 0 aromatic carbocycles. The van der Waals surface area contributed by atoms with Crippen molar-refractivity contribution < 1.29 is 16.5 Å². The van der Waals surface area contributed by atoms with Crippen LogP contribution in [-0.2, 0) is 16.5 Å². The van der Waals surface area contributed by atoms with E-state index in [0.29, 0.717) is 5.92 Å². The van der Waals surface area contributed by atoms with E-state index in [1.807, 2.05) is 0 Å². The van der Waals surface area contributed by atoms with Gasteiger partial charge < -0.3 is 0 Å². The molecule has 1 rings (SSSR count). The maximum atomic E-state index is 2.17. The van der Waals surface area contributed by atoms with Crippen LogP contribution in [0.15, 0.2) is 24.3 Å². The van der Waals surface area contributed by atoms with Gasteiger partial charge in [0.15, 0.2) is 0 Å². The van der Waals surface area contributed by atoms with E-state index in [1.165, 1.54) is 0 Å². The van der Waals surface area contributed by atoms with Gasteiger partial charge in [0, 0.05) is 16.5 Å². The molecule has 42 valence electrons. The van der Waals surface area contributed by atoms with E-state index < -0.39 is 0 Å². The van der Waals surface area contributed by atoms with Gasteiger partial charge in [-0.3, -0.25) is 0 Å². The summed E-state index contributed by atoms with van der Waals surface area (Å²) in [6, 6.07) is 0. The molecule has 0 saturated heterocycles. The summed E-state index contributed by atoms with van der Waals surface area (Å²) in [5.74, 6) is 0.685. The first-order chi connectivity index (χ1) is 2.89. The Balaban J connectivity index is 0.000000360. The smallest absolute Gasteiger partial charge is 0 e. The molecule has 0 aromatic rings. The van der Waals surface area contributed by atoms with E-state index in [4.69, 9.17) is 0 Å². The van der Waals surface area contributed by atoms with E-state index in [2.05, 4.69) is 31.2 Å². The Morgan fingerprint density at radius 1 is 1.14 bits per heavy atom. The standard InChI is InChI=1S/C6H8.Ni/c1-6-4-2-3-5-6;/h2-6H,1H3;. The molecular weight excluding hydrogens is 131 g/mol. The van der Waals surface area contributed by atoms with Gasteiger partial charge in [0.05, 0.1) is 0 Å². The van der Waals surface area contributed by atoms with Crippen LogP contribution in [0.2, 0.25) is 0 Å². The Kier molecular flexibility index (Phi) is 3.03. The normalized spacial score (nSPS) is 17.3. The first kappa shape index (κ1) is 6.97. The fraction of sp³-hybridized carbons (Fsp3) is 0.333. The largest absolute Gasteiger partial charge is 0.0779 e. The molecule has 1 aliphatic carbocycles. The summed E-state index contributed by atoms with van der Waals surface area (Å²) in [5, 5.41) is 0. The Labute approximate surface area is 54.2 Å². The quantitative estimate of drug-likeness (QED) is 0.448. The summed E-state index contributed by atoms with van der Waals surface area (Å²) < 4.78 is 0. The SMILES string of the molecule is CC1C=CC=C1.[Ni]. The zero-order valence-corrected chi connectivity index (χ0v) is 5.19. The van der Waals surface area contributed by atoms with Gasteiger partial charge >= 0.3 is 0 Å².